The topological polar surface area (TPSA) is 92.3 Å². The highest BCUT2D eigenvalue weighted by atomic mass is 32.2. The van der Waals surface area contributed by atoms with E-state index in [4.69, 9.17) is 0 Å². The van der Waals surface area contributed by atoms with Gasteiger partial charge in [0.05, 0.1) is 29.9 Å². The monoisotopic (exact) mass is 538 g/mol. The van der Waals surface area contributed by atoms with Crippen LogP contribution in [0, 0.1) is 18.6 Å². The number of halogens is 2. The quantitative estimate of drug-likeness (QED) is 0.269. The number of aromatic nitrogens is 2. The lowest BCUT2D eigenvalue weighted by Gasteiger charge is -2.31. The molecule has 5 rings (SSSR count). The Hall–Kier alpha value is -3.83. The van der Waals surface area contributed by atoms with Crippen molar-refractivity contribution >= 4 is 39.1 Å². The molecule has 1 aliphatic rings. The van der Waals surface area contributed by atoms with Gasteiger partial charge in [-0.15, -0.1) is 0 Å². The van der Waals surface area contributed by atoms with Crippen LogP contribution in [0.2, 0.25) is 0 Å². The molecule has 0 fully saturated rings. The zero-order valence-corrected chi connectivity index (χ0v) is 21.1. The van der Waals surface area contributed by atoms with E-state index >= 15 is 0 Å². The minimum absolute atomic E-state index is 0.0195. The highest BCUT2D eigenvalue weighted by Gasteiger charge is 2.36. The first-order valence-corrected chi connectivity index (χ1v) is 13.6. The predicted octanol–water partition coefficient (Wildman–Crippen LogP) is 5.17. The SMILES string of the molecule is Cc1ccc(CN2c3ccccc3-c3nc(SCC(=O)Nc4ccc(F)c(F)c4)ncc3S2(=O)=O)cc1. The van der Waals surface area contributed by atoms with E-state index < -0.39 is 27.6 Å². The maximum absolute atomic E-state index is 13.6. The standard InChI is InChI=1S/C26H20F2N4O3S2/c1-16-6-8-17(9-7-16)14-32-22-5-3-2-4-19(22)25-23(37(32,34)35)13-29-26(31-25)36-15-24(33)30-18-10-11-20(27)21(28)12-18/h2-13H,14-15H2,1H3,(H,30,33). The number of hydrogen-bond donors (Lipinski definition) is 1. The second-order valence-corrected chi connectivity index (χ2v) is 11.1. The molecule has 1 amide bonds. The number of amides is 1. The maximum Gasteiger partial charge on any atom is 0.268 e. The number of thioether (sulfide) groups is 1. The van der Waals surface area contributed by atoms with Crippen LogP contribution in [0.4, 0.5) is 20.2 Å². The number of carbonyl (C=O) groups excluding carboxylic acids is 1. The molecule has 0 saturated carbocycles. The lowest BCUT2D eigenvalue weighted by Crippen LogP contribution is -2.34. The van der Waals surface area contributed by atoms with Crippen molar-refractivity contribution in [2.75, 3.05) is 15.4 Å². The number of anilines is 2. The molecule has 1 aromatic heterocycles. The zero-order chi connectivity index (χ0) is 26.2. The number of para-hydroxylation sites is 1. The summed E-state index contributed by atoms with van der Waals surface area (Å²) in [6.07, 6.45) is 1.26. The van der Waals surface area contributed by atoms with Crippen molar-refractivity contribution in [3.8, 4) is 11.3 Å². The Balaban J connectivity index is 1.39. The van der Waals surface area contributed by atoms with Gasteiger partial charge in [-0.25, -0.2) is 27.2 Å². The molecule has 0 bridgehead atoms. The number of benzene rings is 3. The zero-order valence-electron chi connectivity index (χ0n) is 19.5. The largest absolute Gasteiger partial charge is 0.325 e. The van der Waals surface area contributed by atoms with E-state index in [2.05, 4.69) is 15.3 Å². The Bertz CT molecular complexity index is 1610. The van der Waals surface area contributed by atoms with Crippen LogP contribution in [0.3, 0.4) is 0 Å². The van der Waals surface area contributed by atoms with E-state index in [0.29, 0.717) is 11.3 Å². The van der Waals surface area contributed by atoms with E-state index in [9.17, 15) is 22.0 Å². The predicted molar refractivity (Wildman–Crippen MR) is 138 cm³/mol. The Morgan fingerprint density at radius 3 is 2.54 bits per heavy atom. The van der Waals surface area contributed by atoms with Gasteiger partial charge in [-0.3, -0.25) is 9.10 Å². The van der Waals surface area contributed by atoms with Gasteiger partial charge in [0.15, 0.2) is 16.8 Å². The van der Waals surface area contributed by atoms with Crippen LogP contribution in [-0.4, -0.2) is 30.0 Å². The van der Waals surface area contributed by atoms with Gasteiger partial charge in [0.2, 0.25) is 5.91 Å². The fourth-order valence-electron chi connectivity index (χ4n) is 3.88. The van der Waals surface area contributed by atoms with E-state index in [1.54, 1.807) is 24.3 Å². The Morgan fingerprint density at radius 1 is 1.03 bits per heavy atom. The van der Waals surface area contributed by atoms with Crippen LogP contribution >= 0.6 is 11.8 Å². The van der Waals surface area contributed by atoms with E-state index in [0.717, 1.165) is 35.0 Å². The fourth-order valence-corrected chi connectivity index (χ4v) is 6.05. The lowest BCUT2D eigenvalue weighted by atomic mass is 10.1. The van der Waals surface area contributed by atoms with Crippen molar-refractivity contribution in [1.82, 2.24) is 9.97 Å². The molecule has 188 valence electrons. The number of aryl methyl sites for hydroxylation is 1. The first kappa shape index (κ1) is 24.8. The molecule has 0 radical (unpaired) electrons. The summed E-state index contributed by atoms with van der Waals surface area (Å²) in [4.78, 5) is 20.9. The molecule has 11 heteroatoms. The van der Waals surface area contributed by atoms with Gasteiger partial charge in [-0.05, 0) is 30.7 Å². The summed E-state index contributed by atoms with van der Waals surface area (Å²) in [5.41, 5.74) is 3.43. The number of carbonyl (C=O) groups is 1. The van der Waals surface area contributed by atoms with Crippen molar-refractivity contribution in [2.24, 2.45) is 0 Å². The average Bonchev–Trinajstić information content (AvgIpc) is 2.88. The molecule has 37 heavy (non-hydrogen) atoms. The van der Waals surface area contributed by atoms with E-state index in [1.165, 1.54) is 16.6 Å². The first-order valence-electron chi connectivity index (χ1n) is 11.1. The van der Waals surface area contributed by atoms with Gasteiger partial charge < -0.3 is 5.32 Å². The molecule has 4 aromatic rings. The second kappa shape index (κ2) is 9.91. The summed E-state index contributed by atoms with van der Waals surface area (Å²) in [5, 5.41) is 2.68. The average molecular weight is 539 g/mol. The lowest BCUT2D eigenvalue weighted by molar-refractivity contribution is -0.113. The Morgan fingerprint density at radius 2 is 1.78 bits per heavy atom. The van der Waals surface area contributed by atoms with Gasteiger partial charge in [-0.2, -0.15) is 0 Å². The molecular formula is C26H20F2N4O3S2. The summed E-state index contributed by atoms with van der Waals surface area (Å²) in [6.45, 7) is 2.12. The molecule has 0 aliphatic carbocycles. The number of sulfonamides is 1. The third-order valence-corrected chi connectivity index (χ3v) is 8.33. The minimum atomic E-state index is -3.95. The van der Waals surface area contributed by atoms with Crippen molar-refractivity contribution in [3.63, 3.8) is 0 Å². The molecule has 1 N–H and O–H groups in total. The summed E-state index contributed by atoms with van der Waals surface area (Å²) < 4.78 is 55.0. The van der Waals surface area contributed by atoms with Crippen molar-refractivity contribution < 1.29 is 22.0 Å². The van der Waals surface area contributed by atoms with Crippen LogP contribution in [0.25, 0.3) is 11.3 Å². The smallest absolute Gasteiger partial charge is 0.268 e. The summed E-state index contributed by atoms with van der Waals surface area (Å²) in [5.74, 6) is -2.68. The number of nitrogens with one attached hydrogen (secondary N) is 1. The van der Waals surface area contributed by atoms with Crippen LogP contribution < -0.4 is 9.62 Å². The van der Waals surface area contributed by atoms with Crippen molar-refractivity contribution in [3.05, 3.63) is 95.7 Å². The summed E-state index contributed by atoms with van der Waals surface area (Å²) >= 11 is 0.997. The molecule has 0 unspecified atom stereocenters. The second-order valence-electron chi connectivity index (χ2n) is 8.35. The van der Waals surface area contributed by atoms with Crippen LogP contribution in [-0.2, 0) is 21.4 Å². The summed E-state index contributed by atoms with van der Waals surface area (Å²) in [7, 11) is -3.95. The molecule has 0 atom stereocenters. The minimum Gasteiger partial charge on any atom is -0.325 e. The van der Waals surface area contributed by atoms with Gasteiger partial charge in [0.1, 0.15) is 4.90 Å². The highest BCUT2D eigenvalue weighted by Crippen LogP contribution is 2.42. The van der Waals surface area contributed by atoms with Crippen LogP contribution in [0.5, 0.6) is 0 Å². The molecule has 1 aliphatic heterocycles. The fraction of sp³-hybridized carbons (Fsp3) is 0.115. The number of hydrogen-bond acceptors (Lipinski definition) is 6. The molecule has 7 nitrogen and oxygen atoms in total. The normalized spacial score (nSPS) is 13.5. The van der Waals surface area contributed by atoms with Crippen LogP contribution in [0.1, 0.15) is 11.1 Å². The highest BCUT2D eigenvalue weighted by molar-refractivity contribution is 7.99. The molecule has 0 saturated heterocycles. The molecule has 2 heterocycles. The van der Waals surface area contributed by atoms with E-state index in [-0.39, 0.29) is 33.7 Å². The summed E-state index contributed by atoms with van der Waals surface area (Å²) in [6, 6.07) is 17.8. The number of nitrogens with zero attached hydrogens (tertiary/aromatic N) is 3. The van der Waals surface area contributed by atoms with Gasteiger partial charge >= 0.3 is 0 Å². The Labute approximate surface area is 216 Å². The van der Waals surface area contributed by atoms with Gasteiger partial charge in [0, 0.05) is 17.3 Å². The Kier molecular flexibility index (Phi) is 6.65. The van der Waals surface area contributed by atoms with Gasteiger partial charge in [-0.1, -0.05) is 59.8 Å². The van der Waals surface area contributed by atoms with Crippen molar-refractivity contribution in [2.45, 2.75) is 23.5 Å². The number of rotatable bonds is 6. The molecule has 3 aromatic carbocycles. The third kappa shape index (κ3) is 5.05. The van der Waals surface area contributed by atoms with Crippen molar-refractivity contribution in [1.29, 1.82) is 0 Å². The maximum atomic E-state index is 13.6. The number of fused-ring (bicyclic) bond motifs is 3. The van der Waals surface area contributed by atoms with Crippen LogP contribution in [0.15, 0.2) is 83.0 Å². The van der Waals surface area contributed by atoms with E-state index in [1.807, 2.05) is 31.2 Å². The van der Waals surface area contributed by atoms with Gasteiger partial charge in [0.25, 0.3) is 10.0 Å². The molecular weight excluding hydrogens is 518 g/mol. The first-order chi connectivity index (χ1) is 17.7. The molecule has 0 spiro atoms. The third-order valence-electron chi connectivity index (χ3n) is 5.71.